The predicted octanol–water partition coefficient (Wildman–Crippen LogP) is 2.11. The van der Waals surface area contributed by atoms with Gasteiger partial charge >= 0.3 is 6.18 Å². The summed E-state index contributed by atoms with van der Waals surface area (Å²) in [6.45, 7) is 0.0782. The summed E-state index contributed by atoms with van der Waals surface area (Å²) in [5.74, 6) is -1.15. The number of hydrogen-bond acceptors (Lipinski definition) is 4. The number of hydrogen-bond donors (Lipinski definition) is 1. The van der Waals surface area contributed by atoms with Gasteiger partial charge in [0.05, 0.1) is 6.61 Å². The average Bonchev–Trinajstić information content (AvgIpc) is 3.07. The number of alkyl halides is 3. The average molecular weight is 282 g/mol. The molecule has 18 heavy (non-hydrogen) atoms. The Kier molecular flexibility index (Phi) is 3.63. The Morgan fingerprint density at radius 2 is 2.06 bits per heavy atom. The molecule has 1 aliphatic carbocycles. The Bertz CT molecular complexity index is 437. The van der Waals surface area contributed by atoms with Crippen molar-refractivity contribution in [1.82, 2.24) is 9.97 Å². The molecule has 2 rings (SSSR count). The second kappa shape index (κ2) is 4.89. The van der Waals surface area contributed by atoms with Crippen LogP contribution in [0, 0.1) is 0 Å². The zero-order chi connectivity index (χ0) is 13.3. The van der Waals surface area contributed by atoms with Crippen LogP contribution in [0.2, 0.25) is 5.15 Å². The highest BCUT2D eigenvalue weighted by Gasteiger charge is 2.37. The van der Waals surface area contributed by atoms with E-state index in [1.54, 1.807) is 4.90 Å². The molecule has 1 N–H and O–H groups in total. The van der Waals surface area contributed by atoms with Crippen LogP contribution >= 0.6 is 11.6 Å². The lowest BCUT2D eigenvalue weighted by Gasteiger charge is -2.23. The highest BCUT2D eigenvalue weighted by Crippen LogP contribution is 2.33. The minimum Gasteiger partial charge on any atom is -0.395 e. The molecule has 0 aromatic carbocycles. The van der Waals surface area contributed by atoms with Crippen LogP contribution in [0.3, 0.4) is 0 Å². The molecule has 0 atom stereocenters. The first-order valence-corrected chi connectivity index (χ1v) is 5.79. The second-order valence-corrected chi connectivity index (χ2v) is 4.41. The lowest BCUT2D eigenvalue weighted by Crippen LogP contribution is -2.30. The van der Waals surface area contributed by atoms with Crippen LogP contribution in [0.5, 0.6) is 0 Å². The van der Waals surface area contributed by atoms with Gasteiger partial charge in [-0.3, -0.25) is 0 Å². The van der Waals surface area contributed by atoms with Gasteiger partial charge in [-0.25, -0.2) is 9.97 Å². The van der Waals surface area contributed by atoms with Gasteiger partial charge in [-0.1, -0.05) is 11.6 Å². The number of aliphatic hydroxyl groups excluding tert-OH is 1. The fourth-order valence-electron chi connectivity index (χ4n) is 1.66. The van der Waals surface area contributed by atoms with Gasteiger partial charge in [0.15, 0.2) is 0 Å². The van der Waals surface area contributed by atoms with Gasteiger partial charge in [0.2, 0.25) is 5.82 Å². The Morgan fingerprint density at radius 3 is 2.56 bits per heavy atom. The number of anilines is 1. The molecule has 100 valence electrons. The molecule has 0 radical (unpaired) electrons. The normalized spacial score (nSPS) is 15.8. The van der Waals surface area contributed by atoms with Crippen LogP contribution in [0.25, 0.3) is 0 Å². The first kappa shape index (κ1) is 13.4. The van der Waals surface area contributed by atoms with Gasteiger partial charge < -0.3 is 10.0 Å². The molecule has 0 aliphatic heterocycles. The Labute approximate surface area is 106 Å². The molecule has 0 amide bonds. The molecule has 1 aromatic rings. The van der Waals surface area contributed by atoms with Crippen molar-refractivity contribution in [3.63, 3.8) is 0 Å². The summed E-state index contributed by atoms with van der Waals surface area (Å²) in [6, 6.07) is 1.41. The maximum Gasteiger partial charge on any atom is 0.451 e. The molecule has 8 heteroatoms. The van der Waals surface area contributed by atoms with Gasteiger partial charge in [-0.15, -0.1) is 0 Å². The molecule has 0 saturated heterocycles. The third kappa shape index (κ3) is 3.02. The van der Waals surface area contributed by atoms with Gasteiger partial charge in [0.1, 0.15) is 11.0 Å². The first-order valence-electron chi connectivity index (χ1n) is 5.41. The number of nitrogens with zero attached hydrogens (tertiary/aromatic N) is 3. The standard InChI is InChI=1S/C10H11ClF3N3O/c11-7-5-8(16-9(15-7)10(12,13)14)17(3-4-18)6-1-2-6/h5-6,18H,1-4H2. The van der Waals surface area contributed by atoms with E-state index in [1.807, 2.05) is 0 Å². The fraction of sp³-hybridized carbons (Fsp3) is 0.600. The molecule has 1 aromatic heterocycles. The Hall–Kier alpha value is -1.08. The van der Waals surface area contributed by atoms with Crippen molar-refractivity contribution < 1.29 is 18.3 Å². The van der Waals surface area contributed by atoms with Crippen molar-refractivity contribution in [3.05, 3.63) is 17.0 Å². The van der Waals surface area contributed by atoms with E-state index >= 15 is 0 Å². The maximum atomic E-state index is 12.6. The number of aromatic nitrogens is 2. The first-order chi connectivity index (χ1) is 8.41. The second-order valence-electron chi connectivity index (χ2n) is 4.02. The van der Waals surface area contributed by atoms with E-state index in [4.69, 9.17) is 16.7 Å². The quantitative estimate of drug-likeness (QED) is 0.859. The van der Waals surface area contributed by atoms with Crippen LogP contribution in [0.4, 0.5) is 19.0 Å². The van der Waals surface area contributed by atoms with Gasteiger partial charge in [-0.2, -0.15) is 13.2 Å². The van der Waals surface area contributed by atoms with E-state index in [1.165, 1.54) is 6.07 Å². The summed E-state index contributed by atoms with van der Waals surface area (Å²) in [5.41, 5.74) is 0. The summed E-state index contributed by atoms with van der Waals surface area (Å²) in [4.78, 5) is 8.27. The zero-order valence-corrected chi connectivity index (χ0v) is 10.0. The molecule has 1 heterocycles. The molecule has 1 aliphatic rings. The number of rotatable bonds is 4. The van der Waals surface area contributed by atoms with Crippen molar-refractivity contribution in [2.24, 2.45) is 0 Å². The highest BCUT2D eigenvalue weighted by molar-refractivity contribution is 6.29. The van der Waals surface area contributed by atoms with Crippen molar-refractivity contribution in [3.8, 4) is 0 Å². The predicted molar refractivity (Wildman–Crippen MR) is 59.5 cm³/mol. The smallest absolute Gasteiger partial charge is 0.395 e. The summed E-state index contributed by atoms with van der Waals surface area (Å²) < 4.78 is 37.7. The van der Waals surface area contributed by atoms with Crippen LogP contribution in [0.15, 0.2) is 6.07 Å². The highest BCUT2D eigenvalue weighted by atomic mass is 35.5. The fourth-order valence-corrected chi connectivity index (χ4v) is 1.84. The zero-order valence-electron chi connectivity index (χ0n) is 9.28. The molecule has 1 fully saturated rings. The van der Waals surface area contributed by atoms with Gasteiger partial charge in [0, 0.05) is 18.7 Å². The number of aliphatic hydroxyl groups is 1. The minimum absolute atomic E-state index is 0.110. The summed E-state index contributed by atoms with van der Waals surface area (Å²) in [5, 5.41) is 8.68. The SMILES string of the molecule is OCCN(c1cc(Cl)nc(C(F)(F)F)n1)C1CC1. The van der Waals surface area contributed by atoms with Gasteiger partial charge in [-0.05, 0) is 12.8 Å². The van der Waals surface area contributed by atoms with E-state index in [2.05, 4.69) is 9.97 Å². The molecular weight excluding hydrogens is 271 g/mol. The van der Waals surface area contributed by atoms with E-state index in [0.29, 0.717) is 0 Å². The molecule has 0 unspecified atom stereocenters. The lowest BCUT2D eigenvalue weighted by molar-refractivity contribution is -0.144. The molecular formula is C10H11ClF3N3O. The van der Waals surface area contributed by atoms with Crippen molar-refractivity contribution in [2.75, 3.05) is 18.1 Å². The minimum atomic E-state index is -4.63. The van der Waals surface area contributed by atoms with E-state index < -0.39 is 12.0 Å². The van der Waals surface area contributed by atoms with Crippen LogP contribution < -0.4 is 4.90 Å². The lowest BCUT2D eigenvalue weighted by atomic mass is 10.4. The Morgan fingerprint density at radius 1 is 1.39 bits per heavy atom. The molecule has 4 nitrogen and oxygen atoms in total. The van der Waals surface area contributed by atoms with Crippen molar-refractivity contribution >= 4 is 17.4 Å². The summed E-state index contributed by atoms with van der Waals surface area (Å²) in [7, 11) is 0. The third-order valence-corrected chi connectivity index (χ3v) is 2.75. The molecule has 0 bridgehead atoms. The molecule has 0 spiro atoms. The third-order valence-electron chi connectivity index (χ3n) is 2.56. The van der Waals surface area contributed by atoms with E-state index in [0.717, 1.165) is 12.8 Å². The molecule has 1 saturated carbocycles. The topological polar surface area (TPSA) is 49.2 Å². The summed E-state index contributed by atoms with van der Waals surface area (Å²) in [6.07, 6.45) is -2.87. The maximum absolute atomic E-state index is 12.6. The van der Waals surface area contributed by atoms with E-state index in [9.17, 15) is 13.2 Å². The van der Waals surface area contributed by atoms with Crippen LogP contribution in [-0.2, 0) is 6.18 Å². The largest absolute Gasteiger partial charge is 0.451 e. The monoisotopic (exact) mass is 281 g/mol. The van der Waals surface area contributed by atoms with Crippen LogP contribution in [-0.4, -0.2) is 34.3 Å². The number of halogens is 4. The Balaban J connectivity index is 2.34. The summed E-state index contributed by atoms with van der Waals surface area (Å²) >= 11 is 5.59. The van der Waals surface area contributed by atoms with Crippen LogP contribution in [0.1, 0.15) is 18.7 Å². The van der Waals surface area contributed by atoms with Crippen molar-refractivity contribution in [1.29, 1.82) is 0 Å². The van der Waals surface area contributed by atoms with E-state index in [-0.39, 0.29) is 30.2 Å². The van der Waals surface area contributed by atoms with Crippen molar-refractivity contribution in [2.45, 2.75) is 25.1 Å². The van der Waals surface area contributed by atoms with Gasteiger partial charge in [0.25, 0.3) is 0 Å².